The van der Waals surface area contributed by atoms with Crippen LogP contribution in [0.1, 0.15) is 34.1 Å². The summed E-state index contributed by atoms with van der Waals surface area (Å²) >= 11 is 1.72. The maximum Gasteiger partial charge on any atom is 0.337 e. The Kier molecular flexibility index (Phi) is 3.25. The second-order valence-corrected chi connectivity index (χ2v) is 5.80. The molecule has 0 radical (unpaired) electrons. The number of carboxylic acid groups (broad SMARTS) is 1. The first-order chi connectivity index (χ1) is 9.25. The minimum Gasteiger partial charge on any atom is -0.478 e. The lowest BCUT2D eigenvalue weighted by Gasteiger charge is -2.19. The van der Waals surface area contributed by atoms with Crippen LogP contribution in [0.25, 0.3) is 0 Å². The van der Waals surface area contributed by atoms with E-state index in [1.54, 1.807) is 23.5 Å². The molecule has 19 heavy (non-hydrogen) atoms. The summed E-state index contributed by atoms with van der Waals surface area (Å²) in [5.74, 6) is -0.260. The van der Waals surface area contributed by atoms with Crippen LogP contribution in [-0.4, -0.2) is 11.1 Å². The number of benzene rings is 1. The summed E-state index contributed by atoms with van der Waals surface area (Å²) in [5.41, 5.74) is 1.05. The minimum atomic E-state index is -0.885. The van der Waals surface area contributed by atoms with Crippen LogP contribution in [0, 0.1) is 5.92 Å². The van der Waals surface area contributed by atoms with E-state index in [0.29, 0.717) is 17.2 Å². The van der Waals surface area contributed by atoms with Gasteiger partial charge in [-0.2, -0.15) is 0 Å². The summed E-state index contributed by atoms with van der Waals surface area (Å²) in [4.78, 5) is 12.5. The lowest BCUT2D eigenvalue weighted by molar-refractivity contribution is 0.0698. The van der Waals surface area contributed by atoms with Crippen molar-refractivity contribution in [1.29, 1.82) is 0 Å². The molecule has 1 fully saturated rings. The fraction of sp³-hybridized carbons (Fsp3) is 0.267. The lowest BCUT2D eigenvalue weighted by Crippen LogP contribution is -2.14. The van der Waals surface area contributed by atoms with E-state index in [1.807, 2.05) is 18.2 Å². The molecule has 1 aromatic heterocycles. The van der Waals surface area contributed by atoms with Gasteiger partial charge in [0.25, 0.3) is 0 Å². The van der Waals surface area contributed by atoms with Gasteiger partial charge in [0, 0.05) is 10.6 Å². The Morgan fingerprint density at radius 1 is 1.26 bits per heavy atom. The third kappa shape index (κ3) is 2.63. The Hall–Kier alpha value is -1.81. The molecule has 1 aliphatic carbocycles. The van der Waals surface area contributed by atoms with Crippen LogP contribution >= 0.6 is 11.3 Å². The third-order valence-electron chi connectivity index (χ3n) is 3.41. The van der Waals surface area contributed by atoms with Gasteiger partial charge in [0.05, 0.1) is 11.6 Å². The predicted octanol–water partition coefficient (Wildman–Crippen LogP) is 4.01. The molecule has 0 spiro atoms. The largest absolute Gasteiger partial charge is 0.478 e. The van der Waals surface area contributed by atoms with E-state index in [4.69, 9.17) is 0 Å². The molecule has 2 N–H and O–H groups in total. The zero-order valence-electron chi connectivity index (χ0n) is 10.4. The molecule has 1 aromatic carbocycles. The Bertz CT molecular complexity index is 576. The first kappa shape index (κ1) is 12.2. The van der Waals surface area contributed by atoms with Gasteiger partial charge in [0.15, 0.2) is 0 Å². The maximum absolute atomic E-state index is 11.2. The normalized spacial score (nSPS) is 16.0. The highest BCUT2D eigenvalue weighted by Crippen LogP contribution is 2.44. The van der Waals surface area contributed by atoms with Gasteiger partial charge in [-0.05, 0) is 42.3 Å². The summed E-state index contributed by atoms with van der Waals surface area (Å²) in [7, 11) is 0. The van der Waals surface area contributed by atoms with Gasteiger partial charge in [-0.15, -0.1) is 11.3 Å². The molecule has 98 valence electrons. The monoisotopic (exact) mass is 273 g/mol. The fourth-order valence-corrected chi connectivity index (χ4v) is 3.15. The van der Waals surface area contributed by atoms with Gasteiger partial charge in [-0.3, -0.25) is 0 Å². The Morgan fingerprint density at radius 2 is 2.05 bits per heavy atom. The molecule has 1 saturated carbocycles. The molecule has 0 bridgehead atoms. The average Bonchev–Trinajstić information content (AvgIpc) is 3.11. The summed E-state index contributed by atoms with van der Waals surface area (Å²) in [6, 6.07) is 11.5. The Morgan fingerprint density at radius 3 is 2.68 bits per heavy atom. The van der Waals surface area contributed by atoms with Gasteiger partial charge < -0.3 is 10.4 Å². The van der Waals surface area contributed by atoms with Gasteiger partial charge in [0.1, 0.15) is 0 Å². The molecule has 1 atom stereocenters. The molecule has 3 rings (SSSR count). The number of para-hydroxylation sites is 1. The van der Waals surface area contributed by atoms with Gasteiger partial charge in [-0.25, -0.2) is 4.79 Å². The number of carboxylic acids is 1. The van der Waals surface area contributed by atoms with E-state index in [2.05, 4.69) is 16.8 Å². The van der Waals surface area contributed by atoms with Crippen molar-refractivity contribution in [3.8, 4) is 0 Å². The Balaban J connectivity index is 1.88. The van der Waals surface area contributed by atoms with Crippen molar-refractivity contribution in [2.45, 2.75) is 18.9 Å². The molecule has 1 unspecified atom stereocenters. The summed E-state index contributed by atoms with van der Waals surface area (Å²) in [6.07, 6.45) is 2.43. The lowest BCUT2D eigenvalue weighted by atomic mass is 10.1. The number of anilines is 1. The molecule has 4 heteroatoms. The molecule has 3 nitrogen and oxygen atoms in total. The van der Waals surface area contributed by atoms with Crippen molar-refractivity contribution in [2.75, 3.05) is 5.32 Å². The molecule has 2 aromatic rings. The summed E-state index contributed by atoms with van der Waals surface area (Å²) in [5, 5.41) is 14.7. The first-order valence-electron chi connectivity index (χ1n) is 6.38. The van der Waals surface area contributed by atoms with Crippen molar-refractivity contribution in [3.63, 3.8) is 0 Å². The highest BCUT2D eigenvalue weighted by atomic mass is 32.1. The number of thiophene rings is 1. The van der Waals surface area contributed by atoms with Crippen LogP contribution in [0.4, 0.5) is 5.69 Å². The number of nitrogens with one attached hydrogen (secondary N) is 1. The summed E-state index contributed by atoms with van der Waals surface area (Å²) < 4.78 is 0. The maximum atomic E-state index is 11.2. The van der Waals surface area contributed by atoms with Crippen LogP contribution in [0.3, 0.4) is 0 Å². The highest BCUT2D eigenvalue weighted by Gasteiger charge is 2.33. The standard InChI is InChI=1S/C15H15NO2S/c17-15(18)11-4-1-2-5-12(11)16-14(10-7-8-10)13-6-3-9-19-13/h1-6,9-10,14,16H,7-8H2,(H,17,18). The van der Waals surface area contributed by atoms with Gasteiger partial charge in [-0.1, -0.05) is 18.2 Å². The SMILES string of the molecule is O=C(O)c1ccccc1NC(c1cccs1)C1CC1. The molecular formula is C15H15NO2S. The zero-order valence-corrected chi connectivity index (χ0v) is 11.2. The summed E-state index contributed by atoms with van der Waals surface area (Å²) in [6.45, 7) is 0. The van der Waals surface area contributed by atoms with E-state index < -0.39 is 5.97 Å². The number of carbonyl (C=O) groups is 1. The van der Waals surface area contributed by atoms with Crippen LogP contribution in [0.5, 0.6) is 0 Å². The third-order valence-corrected chi connectivity index (χ3v) is 4.37. The quantitative estimate of drug-likeness (QED) is 0.865. The van der Waals surface area contributed by atoms with Gasteiger partial charge in [0.2, 0.25) is 0 Å². The average molecular weight is 273 g/mol. The van der Waals surface area contributed by atoms with Crippen molar-refractivity contribution in [2.24, 2.45) is 5.92 Å². The van der Waals surface area contributed by atoms with Crippen LogP contribution < -0.4 is 5.32 Å². The van der Waals surface area contributed by atoms with Crippen LogP contribution in [-0.2, 0) is 0 Å². The van der Waals surface area contributed by atoms with Crippen LogP contribution in [0.15, 0.2) is 41.8 Å². The second-order valence-electron chi connectivity index (χ2n) is 4.83. The number of aromatic carboxylic acids is 1. The number of rotatable bonds is 5. The number of hydrogen-bond acceptors (Lipinski definition) is 3. The zero-order chi connectivity index (χ0) is 13.2. The molecule has 0 amide bonds. The molecule has 0 saturated heterocycles. The second kappa shape index (κ2) is 5.05. The first-order valence-corrected chi connectivity index (χ1v) is 7.26. The van der Waals surface area contributed by atoms with Gasteiger partial charge >= 0.3 is 5.97 Å². The van der Waals surface area contributed by atoms with Crippen molar-refractivity contribution in [3.05, 3.63) is 52.2 Å². The van der Waals surface area contributed by atoms with Crippen molar-refractivity contribution >= 4 is 23.0 Å². The minimum absolute atomic E-state index is 0.237. The van der Waals surface area contributed by atoms with E-state index in [-0.39, 0.29) is 6.04 Å². The van der Waals surface area contributed by atoms with E-state index >= 15 is 0 Å². The van der Waals surface area contributed by atoms with E-state index in [0.717, 1.165) is 0 Å². The highest BCUT2D eigenvalue weighted by molar-refractivity contribution is 7.10. The van der Waals surface area contributed by atoms with E-state index in [1.165, 1.54) is 17.7 Å². The Labute approximate surface area is 115 Å². The fourth-order valence-electron chi connectivity index (χ4n) is 2.28. The van der Waals surface area contributed by atoms with Crippen molar-refractivity contribution in [1.82, 2.24) is 0 Å². The molecule has 1 heterocycles. The molecule has 0 aliphatic heterocycles. The smallest absolute Gasteiger partial charge is 0.337 e. The van der Waals surface area contributed by atoms with E-state index in [9.17, 15) is 9.90 Å². The predicted molar refractivity (Wildman–Crippen MR) is 76.8 cm³/mol. The topological polar surface area (TPSA) is 49.3 Å². The van der Waals surface area contributed by atoms with Crippen LogP contribution in [0.2, 0.25) is 0 Å². The van der Waals surface area contributed by atoms with Crippen molar-refractivity contribution < 1.29 is 9.90 Å². The number of hydrogen-bond donors (Lipinski definition) is 2. The molecular weight excluding hydrogens is 258 g/mol. The molecule has 1 aliphatic rings.